The highest BCUT2D eigenvalue weighted by Gasteiger charge is 2.43. The van der Waals surface area contributed by atoms with Gasteiger partial charge in [0.1, 0.15) is 30.2 Å². The van der Waals surface area contributed by atoms with Crippen LogP contribution < -0.4 is 11.0 Å². The summed E-state index contributed by atoms with van der Waals surface area (Å²) in [5.41, 5.74) is -0.793. The normalized spacial score (nSPS) is 30.5. The molecule has 1 unspecified atom stereocenters. The van der Waals surface area contributed by atoms with E-state index < -0.39 is 42.9 Å². The Balaban J connectivity index is 1.63. The molecule has 2 aliphatic rings. The van der Waals surface area contributed by atoms with Gasteiger partial charge in [0.05, 0.1) is 6.61 Å². The third-order valence-corrected chi connectivity index (χ3v) is 4.82. The molecular weight excluding hydrogens is 370 g/mol. The number of hydrogen-bond acceptors (Lipinski definition) is 8. The number of anilines is 1. The first-order valence-electron chi connectivity index (χ1n) is 9.35. The number of carbonyl (C=O) groups is 1. The molecule has 4 N–H and O–H groups in total. The molecule has 0 radical (unpaired) electrons. The largest absolute Gasteiger partial charge is 0.442 e. The molecule has 0 saturated carbocycles. The number of aliphatic hydroxyl groups is 3. The number of allylic oxidation sites excluding steroid dienone is 1. The Morgan fingerprint density at radius 1 is 1.32 bits per heavy atom. The highest BCUT2D eigenvalue weighted by Crippen LogP contribution is 2.28. The first-order valence-corrected chi connectivity index (χ1v) is 9.35. The van der Waals surface area contributed by atoms with Crippen LogP contribution >= 0.6 is 0 Å². The zero-order valence-corrected chi connectivity index (χ0v) is 15.3. The summed E-state index contributed by atoms with van der Waals surface area (Å²) in [5, 5.41) is 31.3. The molecule has 3 rings (SSSR count). The van der Waals surface area contributed by atoms with Gasteiger partial charge in [-0.25, -0.2) is 9.59 Å². The summed E-state index contributed by atoms with van der Waals surface area (Å²) >= 11 is 0. The standard InChI is InChI=1S/C18H25N3O7/c22-10-12-14(23)15(24)16(28-12)21-9-8-13(19-17(21)25)20-18(26)27-11-6-4-2-1-3-5-7-11/h4,6,8-9,11-12,14-16,22-24H,1-3,5,7,10H2,(H,19,20,25,26)/t11?,12-,14-,15+,16-/m1/s1. The second-order valence-corrected chi connectivity index (χ2v) is 6.87. The lowest BCUT2D eigenvalue weighted by Crippen LogP contribution is -2.36. The van der Waals surface area contributed by atoms with Crippen molar-refractivity contribution in [3.63, 3.8) is 0 Å². The molecule has 10 heteroatoms. The molecule has 1 amide bonds. The Hall–Kier alpha value is -2.27. The molecule has 0 bridgehead atoms. The fourth-order valence-corrected chi connectivity index (χ4v) is 3.28. The lowest BCUT2D eigenvalue weighted by atomic mass is 10.0. The maximum absolute atomic E-state index is 12.2. The summed E-state index contributed by atoms with van der Waals surface area (Å²) in [6.07, 6.45) is 4.09. The topological polar surface area (TPSA) is 143 Å². The minimum Gasteiger partial charge on any atom is -0.442 e. The maximum Gasteiger partial charge on any atom is 0.413 e. The van der Waals surface area contributed by atoms with E-state index >= 15 is 0 Å². The monoisotopic (exact) mass is 395 g/mol. The molecule has 1 aliphatic heterocycles. The Kier molecular flexibility index (Phi) is 6.79. The van der Waals surface area contributed by atoms with Gasteiger partial charge in [0.15, 0.2) is 6.23 Å². The van der Waals surface area contributed by atoms with E-state index in [9.17, 15) is 19.8 Å². The minimum atomic E-state index is -1.40. The lowest BCUT2D eigenvalue weighted by Gasteiger charge is -2.18. The number of aliphatic hydroxyl groups excluding tert-OH is 3. The van der Waals surface area contributed by atoms with E-state index in [0.717, 1.165) is 36.7 Å². The molecule has 1 aromatic rings. The summed E-state index contributed by atoms with van der Waals surface area (Å²) in [6.45, 7) is -0.502. The van der Waals surface area contributed by atoms with E-state index in [0.29, 0.717) is 0 Å². The molecule has 1 saturated heterocycles. The van der Waals surface area contributed by atoms with Gasteiger partial charge in [0.25, 0.3) is 0 Å². The smallest absolute Gasteiger partial charge is 0.413 e. The van der Waals surface area contributed by atoms with Gasteiger partial charge in [-0.1, -0.05) is 12.5 Å². The van der Waals surface area contributed by atoms with Crippen molar-refractivity contribution in [2.24, 2.45) is 0 Å². The molecule has 1 aromatic heterocycles. The number of aromatic nitrogens is 2. The summed E-state index contributed by atoms with van der Waals surface area (Å²) in [5.74, 6) is -0.00665. The fraction of sp³-hybridized carbons (Fsp3) is 0.611. The second-order valence-electron chi connectivity index (χ2n) is 6.87. The SMILES string of the molecule is O=C(Nc1ccn([C@@H]2O[C@H](CO)[C@@H](O)[C@@H]2O)c(=O)n1)OC1C=CCCCCC1. The quantitative estimate of drug-likeness (QED) is 0.533. The summed E-state index contributed by atoms with van der Waals surface area (Å²) in [7, 11) is 0. The molecule has 1 fully saturated rings. The van der Waals surface area contributed by atoms with E-state index in [1.807, 2.05) is 12.2 Å². The molecule has 154 valence electrons. The number of ether oxygens (including phenoxy) is 2. The van der Waals surface area contributed by atoms with Crippen molar-refractivity contribution < 1.29 is 29.6 Å². The molecule has 0 aromatic carbocycles. The van der Waals surface area contributed by atoms with E-state index in [4.69, 9.17) is 14.6 Å². The Bertz CT molecular complexity index is 766. The van der Waals surface area contributed by atoms with Crippen LogP contribution in [-0.4, -0.2) is 62.0 Å². The lowest BCUT2D eigenvalue weighted by molar-refractivity contribution is -0.0549. The van der Waals surface area contributed by atoms with Gasteiger partial charge < -0.3 is 24.8 Å². The third-order valence-electron chi connectivity index (χ3n) is 4.82. The van der Waals surface area contributed by atoms with Crippen molar-refractivity contribution >= 4 is 11.9 Å². The van der Waals surface area contributed by atoms with Crippen molar-refractivity contribution in [1.82, 2.24) is 9.55 Å². The van der Waals surface area contributed by atoms with Crippen LogP contribution in [0, 0.1) is 0 Å². The number of hydrogen-bond donors (Lipinski definition) is 4. The Morgan fingerprint density at radius 2 is 2.14 bits per heavy atom. The number of nitrogens with one attached hydrogen (secondary N) is 1. The molecule has 28 heavy (non-hydrogen) atoms. The van der Waals surface area contributed by atoms with Gasteiger partial charge in [-0.3, -0.25) is 9.88 Å². The van der Waals surface area contributed by atoms with Gasteiger partial charge in [-0.15, -0.1) is 0 Å². The highest BCUT2D eigenvalue weighted by molar-refractivity contribution is 5.83. The van der Waals surface area contributed by atoms with E-state index in [-0.39, 0.29) is 11.9 Å². The van der Waals surface area contributed by atoms with Crippen molar-refractivity contribution in [1.29, 1.82) is 0 Å². The van der Waals surface area contributed by atoms with Crippen molar-refractivity contribution in [2.75, 3.05) is 11.9 Å². The van der Waals surface area contributed by atoms with Crippen LogP contribution in [0.3, 0.4) is 0 Å². The molecule has 10 nitrogen and oxygen atoms in total. The summed E-state index contributed by atoms with van der Waals surface area (Å²) in [6, 6.07) is 1.35. The van der Waals surface area contributed by atoms with Crippen LogP contribution in [0.4, 0.5) is 10.6 Å². The van der Waals surface area contributed by atoms with Crippen molar-refractivity contribution in [3.05, 3.63) is 34.9 Å². The van der Waals surface area contributed by atoms with E-state index in [2.05, 4.69) is 10.3 Å². The van der Waals surface area contributed by atoms with Crippen LogP contribution in [0.5, 0.6) is 0 Å². The van der Waals surface area contributed by atoms with Gasteiger partial charge >= 0.3 is 11.8 Å². The van der Waals surface area contributed by atoms with Gasteiger partial charge in [-0.05, 0) is 37.8 Å². The van der Waals surface area contributed by atoms with Crippen LogP contribution in [-0.2, 0) is 9.47 Å². The second kappa shape index (κ2) is 9.28. The molecular formula is C18H25N3O7. The third kappa shape index (κ3) is 4.76. The number of rotatable bonds is 4. The predicted octanol–water partition coefficient (Wildman–Crippen LogP) is 0.292. The summed E-state index contributed by atoms with van der Waals surface area (Å²) < 4.78 is 11.6. The zero-order chi connectivity index (χ0) is 20.1. The molecule has 1 aliphatic carbocycles. The summed E-state index contributed by atoms with van der Waals surface area (Å²) in [4.78, 5) is 28.0. The predicted molar refractivity (Wildman–Crippen MR) is 97.6 cm³/mol. The minimum absolute atomic E-state index is 0.00665. The van der Waals surface area contributed by atoms with Crippen LogP contribution in [0.25, 0.3) is 0 Å². The number of amides is 1. The first kappa shape index (κ1) is 20.5. The average molecular weight is 395 g/mol. The molecule has 2 heterocycles. The van der Waals surface area contributed by atoms with Gasteiger partial charge in [0.2, 0.25) is 0 Å². The van der Waals surface area contributed by atoms with E-state index in [1.54, 1.807) is 0 Å². The van der Waals surface area contributed by atoms with E-state index in [1.165, 1.54) is 12.3 Å². The van der Waals surface area contributed by atoms with Crippen LogP contribution in [0.1, 0.15) is 38.3 Å². The Labute approximate surface area is 161 Å². The molecule has 5 atom stereocenters. The van der Waals surface area contributed by atoms with Crippen LogP contribution in [0.15, 0.2) is 29.2 Å². The fourth-order valence-electron chi connectivity index (χ4n) is 3.28. The zero-order valence-electron chi connectivity index (χ0n) is 15.3. The highest BCUT2D eigenvalue weighted by atomic mass is 16.6. The number of nitrogens with zero attached hydrogens (tertiary/aromatic N) is 2. The number of carbonyl (C=O) groups excluding carboxylic acids is 1. The molecule has 0 spiro atoms. The van der Waals surface area contributed by atoms with Gasteiger partial charge in [-0.2, -0.15) is 4.98 Å². The van der Waals surface area contributed by atoms with Gasteiger partial charge in [0, 0.05) is 6.20 Å². The Morgan fingerprint density at radius 3 is 2.86 bits per heavy atom. The van der Waals surface area contributed by atoms with Crippen LogP contribution in [0.2, 0.25) is 0 Å². The van der Waals surface area contributed by atoms with Crippen molar-refractivity contribution in [2.45, 2.75) is 62.7 Å². The average Bonchev–Trinajstić information content (AvgIpc) is 2.92. The van der Waals surface area contributed by atoms with Crippen molar-refractivity contribution in [3.8, 4) is 0 Å². The first-order chi connectivity index (χ1) is 13.5. The maximum atomic E-state index is 12.2.